The van der Waals surface area contributed by atoms with Crippen LogP contribution in [-0.2, 0) is 10.0 Å². The van der Waals surface area contributed by atoms with Gasteiger partial charge in [-0.05, 0) is 55.4 Å². The molecule has 0 atom stereocenters. The number of sulfonamides is 1. The first-order valence-electron chi connectivity index (χ1n) is 8.21. The molecular formula is C17H28N2O2S. The summed E-state index contributed by atoms with van der Waals surface area (Å²) in [6.45, 7) is 8.53. The van der Waals surface area contributed by atoms with Gasteiger partial charge in [0, 0.05) is 24.5 Å². The zero-order valence-corrected chi connectivity index (χ0v) is 14.7. The molecule has 1 aliphatic heterocycles. The molecule has 4 nitrogen and oxygen atoms in total. The van der Waals surface area contributed by atoms with Gasteiger partial charge in [-0.1, -0.05) is 20.8 Å². The summed E-state index contributed by atoms with van der Waals surface area (Å²) in [5.41, 5.74) is 1.83. The van der Waals surface area contributed by atoms with Crippen LogP contribution in [0.3, 0.4) is 0 Å². The number of rotatable bonds is 6. The van der Waals surface area contributed by atoms with Crippen molar-refractivity contribution < 1.29 is 8.42 Å². The van der Waals surface area contributed by atoms with E-state index in [1.165, 1.54) is 18.5 Å². The number of anilines is 2. The first kappa shape index (κ1) is 17.1. The Morgan fingerprint density at radius 1 is 1.18 bits per heavy atom. The maximum Gasteiger partial charge on any atom is 0.232 e. The molecule has 1 aromatic carbocycles. The van der Waals surface area contributed by atoms with E-state index in [2.05, 4.69) is 16.5 Å². The van der Waals surface area contributed by atoms with Crippen LogP contribution in [0.25, 0.3) is 0 Å². The van der Waals surface area contributed by atoms with Gasteiger partial charge >= 0.3 is 0 Å². The fourth-order valence-corrected chi connectivity index (χ4v) is 4.01. The molecule has 1 heterocycles. The van der Waals surface area contributed by atoms with Crippen molar-refractivity contribution in [2.75, 3.05) is 28.5 Å². The lowest BCUT2D eigenvalue weighted by atomic mass is 9.99. The molecule has 1 N–H and O–H groups in total. The lowest BCUT2D eigenvalue weighted by molar-refractivity contribution is 0.438. The summed E-state index contributed by atoms with van der Waals surface area (Å²) in [6.07, 6.45) is 3.13. The van der Waals surface area contributed by atoms with E-state index in [9.17, 15) is 8.42 Å². The molecular weight excluding hydrogens is 296 g/mol. The summed E-state index contributed by atoms with van der Waals surface area (Å²) >= 11 is 0. The summed E-state index contributed by atoms with van der Waals surface area (Å²) < 4.78 is 26.7. The van der Waals surface area contributed by atoms with Gasteiger partial charge in [0.1, 0.15) is 0 Å². The molecule has 0 saturated carbocycles. The van der Waals surface area contributed by atoms with Gasteiger partial charge in [-0.3, -0.25) is 4.72 Å². The standard InChI is InChI=1S/C17H28N2O2S/c1-14(2)10-13-22(20,21)18-16-4-6-17(7-5-16)19-11-8-15(3)9-12-19/h4-7,14-15,18H,8-13H2,1-3H3. The third-order valence-electron chi connectivity index (χ3n) is 4.25. The largest absolute Gasteiger partial charge is 0.372 e. The smallest absolute Gasteiger partial charge is 0.232 e. The van der Waals surface area contributed by atoms with E-state index < -0.39 is 10.0 Å². The van der Waals surface area contributed by atoms with Crippen molar-refractivity contribution in [1.82, 2.24) is 0 Å². The van der Waals surface area contributed by atoms with Gasteiger partial charge in [-0.2, -0.15) is 0 Å². The highest BCUT2D eigenvalue weighted by Gasteiger charge is 2.16. The Labute approximate surface area is 135 Å². The number of hydrogen-bond acceptors (Lipinski definition) is 3. The Kier molecular flexibility index (Phi) is 5.73. The Balaban J connectivity index is 1.94. The molecule has 5 heteroatoms. The predicted molar refractivity (Wildman–Crippen MR) is 93.9 cm³/mol. The summed E-state index contributed by atoms with van der Waals surface area (Å²) in [5, 5.41) is 0. The fourth-order valence-electron chi connectivity index (χ4n) is 2.63. The van der Waals surface area contributed by atoms with Crippen molar-refractivity contribution >= 4 is 21.4 Å². The van der Waals surface area contributed by atoms with E-state index in [1.54, 1.807) is 0 Å². The van der Waals surface area contributed by atoms with Gasteiger partial charge in [0.25, 0.3) is 0 Å². The van der Waals surface area contributed by atoms with Crippen LogP contribution in [0.5, 0.6) is 0 Å². The van der Waals surface area contributed by atoms with Gasteiger partial charge in [0.2, 0.25) is 10.0 Å². The van der Waals surface area contributed by atoms with Crippen LogP contribution in [0.4, 0.5) is 11.4 Å². The van der Waals surface area contributed by atoms with Crippen LogP contribution < -0.4 is 9.62 Å². The second-order valence-corrected chi connectivity index (χ2v) is 8.66. The molecule has 0 bridgehead atoms. The van der Waals surface area contributed by atoms with Gasteiger partial charge in [-0.25, -0.2) is 8.42 Å². The van der Waals surface area contributed by atoms with Crippen molar-refractivity contribution in [1.29, 1.82) is 0 Å². The summed E-state index contributed by atoms with van der Waals surface area (Å²) in [7, 11) is -3.24. The molecule has 1 fully saturated rings. The third-order valence-corrected chi connectivity index (χ3v) is 5.57. The van der Waals surface area contributed by atoms with Gasteiger partial charge in [0.05, 0.1) is 5.75 Å². The third kappa shape index (κ3) is 5.20. The molecule has 1 aliphatic rings. The monoisotopic (exact) mass is 324 g/mol. The summed E-state index contributed by atoms with van der Waals surface area (Å²) in [5.74, 6) is 1.37. The molecule has 0 spiro atoms. The number of benzene rings is 1. The summed E-state index contributed by atoms with van der Waals surface area (Å²) in [6, 6.07) is 7.74. The molecule has 124 valence electrons. The fraction of sp³-hybridized carbons (Fsp3) is 0.647. The molecule has 1 saturated heterocycles. The first-order valence-corrected chi connectivity index (χ1v) is 9.86. The van der Waals surface area contributed by atoms with E-state index in [4.69, 9.17) is 0 Å². The Morgan fingerprint density at radius 3 is 2.32 bits per heavy atom. The second kappa shape index (κ2) is 7.36. The molecule has 1 aromatic rings. The van der Waals surface area contributed by atoms with Crippen molar-refractivity contribution in [3.05, 3.63) is 24.3 Å². The predicted octanol–water partition coefficient (Wildman–Crippen LogP) is 3.71. The van der Waals surface area contributed by atoms with E-state index >= 15 is 0 Å². The average molecular weight is 324 g/mol. The minimum atomic E-state index is -3.24. The summed E-state index contributed by atoms with van der Waals surface area (Å²) in [4.78, 5) is 2.37. The average Bonchev–Trinajstić information content (AvgIpc) is 2.47. The Morgan fingerprint density at radius 2 is 1.77 bits per heavy atom. The lowest BCUT2D eigenvalue weighted by Gasteiger charge is -2.32. The van der Waals surface area contributed by atoms with Crippen molar-refractivity contribution in [3.63, 3.8) is 0 Å². The van der Waals surface area contributed by atoms with Crippen LogP contribution in [0.1, 0.15) is 40.0 Å². The highest BCUT2D eigenvalue weighted by molar-refractivity contribution is 7.92. The van der Waals surface area contributed by atoms with Crippen LogP contribution in [0, 0.1) is 11.8 Å². The van der Waals surface area contributed by atoms with Gasteiger partial charge < -0.3 is 4.90 Å². The molecule has 22 heavy (non-hydrogen) atoms. The van der Waals surface area contributed by atoms with Crippen LogP contribution in [0.15, 0.2) is 24.3 Å². The number of nitrogens with zero attached hydrogens (tertiary/aromatic N) is 1. The normalized spacial score (nSPS) is 17.0. The highest BCUT2D eigenvalue weighted by atomic mass is 32.2. The molecule has 0 unspecified atom stereocenters. The van der Waals surface area contributed by atoms with E-state index in [1.807, 2.05) is 38.1 Å². The van der Waals surface area contributed by atoms with Gasteiger partial charge in [0.15, 0.2) is 0 Å². The van der Waals surface area contributed by atoms with Crippen molar-refractivity contribution in [2.24, 2.45) is 11.8 Å². The number of hydrogen-bond donors (Lipinski definition) is 1. The van der Waals surface area contributed by atoms with E-state index in [0.29, 0.717) is 18.0 Å². The van der Waals surface area contributed by atoms with E-state index in [0.717, 1.165) is 19.0 Å². The van der Waals surface area contributed by atoms with Crippen LogP contribution >= 0.6 is 0 Å². The number of piperidine rings is 1. The lowest BCUT2D eigenvalue weighted by Crippen LogP contribution is -2.32. The molecule has 2 rings (SSSR count). The zero-order chi connectivity index (χ0) is 16.2. The zero-order valence-electron chi connectivity index (χ0n) is 13.9. The second-order valence-electron chi connectivity index (χ2n) is 6.82. The maximum atomic E-state index is 12.0. The van der Waals surface area contributed by atoms with Gasteiger partial charge in [-0.15, -0.1) is 0 Å². The van der Waals surface area contributed by atoms with E-state index in [-0.39, 0.29) is 5.75 Å². The van der Waals surface area contributed by atoms with Crippen LogP contribution in [0.2, 0.25) is 0 Å². The van der Waals surface area contributed by atoms with Crippen molar-refractivity contribution in [3.8, 4) is 0 Å². The van der Waals surface area contributed by atoms with Crippen LogP contribution in [-0.4, -0.2) is 27.3 Å². The molecule has 0 aliphatic carbocycles. The Bertz CT molecular complexity index is 559. The Hall–Kier alpha value is -1.23. The quantitative estimate of drug-likeness (QED) is 0.868. The molecule has 0 amide bonds. The topological polar surface area (TPSA) is 49.4 Å². The highest BCUT2D eigenvalue weighted by Crippen LogP contribution is 2.24. The first-order chi connectivity index (χ1) is 10.4. The number of nitrogens with one attached hydrogen (secondary N) is 1. The minimum absolute atomic E-state index is 0.177. The SMILES string of the molecule is CC(C)CCS(=O)(=O)Nc1ccc(N2CCC(C)CC2)cc1. The maximum absolute atomic E-state index is 12.0. The van der Waals surface area contributed by atoms with Crippen molar-refractivity contribution in [2.45, 2.75) is 40.0 Å². The minimum Gasteiger partial charge on any atom is -0.372 e. The molecule has 0 radical (unpaired) electrons. The molecule has 0 aromatic heterocycles.